The highest BCUT2D eigenvalue weighted by Crippen LogP contribution is 2.20. The predicted molar refractivity (Wildman–Crippen MR) is 102 cm³/mol. The van der Waals surface area contributed by atoms with Gasteiger partial charge in [0.2, 0.25) is 0 Å². The summed E-state index contributed by atoms with van der Waals surface area (Å²) < 4.78 is 2.40. The zero-order valence-electron chi connectivity index (χ0n) is 14.5. The van der Waals surface area contributed by atoms with Crippen molar-refractivity contribution < 1.29 is 0 Å². The first-order chi connectivity index (χ1) is 11.8. The van der Waals surface area contributed by atoms with Crippen LogP contribution in [0.3, 0.4) is 0 Å². The average molecular weight is 321 g/mol. The molecule has 0 aliphatic heterocycles. The van der Waals surface area contributed by atoms with Crippen LogP contribution in [0.25, 0.3) is 11.0 Å². The average Bonchev–Trinajstić information content (AvgIpc) is 2.94. The number of hydrogen-bond donors (Lipinski definition) is 1. The van der Waals surface area contributed by atoms with Crippen LogP contribution in [-0.4, -0.2) is 9.55 Å². The van der Waals surface area contributed by atoms with Crippen molar-refractivity contribution in [3.05, 3.63) is 59.9 Å². The molecule has 0 fully saturated rings. The minimum atomic E-state index is 0.808. The molecule has 3 rings (SSSR count). The van der Waals surface area contributed by atoms with Gasteiger partial charge in [-0.25, -0.2) is 4.98 Å². The molecule has 0 aliphatic rings. The molecule has 1 aromatic heterocycles. The highest BCUT2D eigenvalue weighted by atomic mass is 15.1. The number of anilines is 1. The van der Waals surface area contributed by atoms with Gasteiger partial charge in [-0.3, -0.25) is 0 Å². The van der Waals surface area contributed by atoms with Gasteiger partial charge in [0.15, 0.2) is 0 Å². The number of nitrogen functional groups attached to an aromatic ring is 1. The monoisotopic (exact) mass is 321 g/mol. The Labute approximate surface area is 144 Å². The quantitative estimate of drug-likeness (QED) is 0.459. The number of unbranched alkanes of at least 4 members (excludes halogenated alkanes) is 4. The van der Waals surface area contributed by atoms with E-state index >= 15 is 0 Å². The summed E-state index contributed by atoms with van der Waals surface area (Å²) in [6.07, 6.45) is 7.32. The van der Waals surface area contributed by atoms with Gasteiger partial charge in [0.1, 0.15) is 5.82 Å². The van der Waals surface area contributed by atoms with E-state index in [1.165, 1.54) is 43.2 Å². The fourth-order valence-corrected chi connectivity index (χ4v) is 3.20. The molecule has 0 saturated heterocycles. The van der Waals surface area contributed by atoms with Crippen LogP contribution in [0.2, 0.25) is 0 Å². The first-order valence-corrected chi connectivity index (χ1v) is 9.06. The van der Waals surface area contributed by atoms with E-state index in [9.17, 15) is 0 Å². The molecule has 0 radical (unpaired) electrons. The summed E-state index contributed by atoms with van der Waals surface area (Å²) in [5.41, 5.74) is 10.2. The summed E-state index contributed by atoms with van der Waals surface area (Å²) in [6, 6.07) is 16.6. The van der Waals surface area contributed by atoms with E-state index in [-0.39, 0.29) is 0 Å². The van der Waals surface area contributed by atoms with Crippen LogP contribution >= 0.6 is 0 Å². The van der Waals surface area contributed by atoms with E-state index in [0.717, 1.165) is 30.0 Å². The molecule has 2 N–H and O–H groups in total. The lowest BCUT2D eigenvalue weighted by Gasteiger charge is -2.09. The highest BCUT2D eigenvalue weighted by molar-refractivity contribution is 5.76. The third-order valence-corrected chi connectivity index (χ3v) is 4.56. The van der Waals surface area contributed by atoms with Crippen LogP contribution in [0.1, 0.15) is 50.4 Å². The third-order valence-electron chi connectivity index (χ3n) is 4.56. The first-order valence-electron chi connectivity index (χ1n) is 9.06. The SMILES string of the molecule is CCCCCCCn1c(Cc2ccc(N)cc2)nc2ccccc21. The van der Waals surface area contributed by atoms with Crippen LogP contribution < -0.4 is 5.73 Å². The van der Waals surface area contributed by atoms with Crippen molar-refractivity contribution in [2.45, 2.75) is 52.0 Å². The Hall–Kier alpha value is -2.29. The Morgan fingerprint density at radius 3 is 2.46 bits per heavy atom. The second-order valence-electron chi connectivity index (χ2n) is 6.50. The van der Waals surface area contributed by atoms with Gasteiger partial charge in [0, 0.05) is 18.7 Å². The highest BCUT2D eigenvalue weighted by Gasteiger charge is 2.10. The summed E-state index contributed by atoms with van der Waals surface area (Å²) in [6.45, 7) is 3.31. The van der Waals surface area contributed by atoms with Crippen molar-refractivity contribution in [1.29, 1.82) is 0 Å². The molecule has 0 amide bonds. The lowest BCUT2D eigenvalue weighted by Crippen LogP contribution is -2.05. The fourth-order valence-electron chi connectivity index (χ4n) is 3.20. The van der Waals surface area contributed by atoms with Crippen LogP contribution in [0.4, 0.5) is 5.69 Å². The lowest BCUT2D eigenvalue weighted by molar-refractivity contribution is 0.565. The Morgan fingerprint density at radius 1 is 0.917 bits per heavy atom. The van der Waals surface area contributed by atoms with Crippen molar-refractivity contribution in [3.63, 3.8) is 0 Å². The minimum Gasteiger partial charge on any atom is -0.399 e. The molecule has 0 atom stereocenters. The second kappa shape index (κ2) is 8.00. The molecule has 3 aromatic rings. The number of hydrogen-bond acceptors (Lipinski definition) is 2. The van der Waals surface area contributed by atoms with Crippen LogP contribution in [0, 0.1) is 0 Å². The van der Waals surface area contributed by atoms with Gasteiger partial charge >= 0.3 is 0 Å². The Bertz CT molecular complexity index is 771. The van der Waals surface area contributed by atoms with Crippen molar-refractivity contribution in [2.24, 2.45) is 0 Å². The summed E-state index contributed by atoms with van der Waals surface area (Å²) in [4.78, 5) is 4.88. The molecule has 2 aromatic carbocycles. The minimum absolute atomic E-state index is 0.808. The van der Waals surface area contributed by atoms with Gasteiger partial charge < -0.3 is 10.3 Å². The number of fused-ring (bicyclic) bond motifs is 1. The standard InChI is InChI=1S/C21H27N3/c1-2-3-4-5-8-15-24-20-10-7-6-9-19(20)23-21(24)16-17-11-13-18(22)14-12-17/h6-7,9-14H,2-5,8,15-16,22H2,1H3. The molecule has 0 bridgehead atoms. The molecule has 0 aliphatic carbocycles. The molecule has 0 unspecified atom stereocenters. The van der Waals surface area contributed by atoms with E-state index in [1.54, 1.807) is 0 Å². The van der Waals surface area contributed by atoms with Gasteiger partial charge in [0.05, 0.1) is 11.0 Å². The number of aromatic nitrogens is 2. The third kappa shape index (κ3) is 3.97. The van der Waals surface area contributed by atoms with Gasteiger partial charge in [-0.2, -0.15) is 0 Å². The molecule has 126 valence electrons. The molecule has 0 saturated carbocycles. The molecule has 3 heteroatoms. The number of para-hydroxylation sites is 2. The van der Waals surface area contributed by atoms with Crippen molar-refractivity contribution in [1.82, 2.24) is 9.55 Å². The number of rotatable bonds is 8. The van der Waals surface area contributed by atoms with E-state index in [2.05, 4.69) is 47.9 Å². The van der Waals surface area contributed by atoms with Crippen LogP contribution in [-0.2, 0) is 13.0 Å². The number of nitrogens with zero attached hydrogens (tertiary/aromatic N) is 2. The summed E-state index contributed by atoms with van der Waals surface area (Å²) in [7, 11) is 0. The summed E-state index contributed by atoms with van der Waals surface area (Å²) in [5, 5.41) is 0. The predicted octanol–water partition coefficient (Wildman–Crippen LogP) is 5.18. The molecule has 0 spiro atoms. The number of aryl methyl sites for hydroxylation is 1. The Kier molecular flexibility index (Phi) is 5.52. The molecular weight excluding hydrogens is 294 g/mol. The number of imidazole rings is 1. The Balaban J connectivity index is 1.80. The first kappa shape index (κ1) is 16.6. The van der Waals surface area contributed by atoms with E-state index < -0.39 is 0 Å². The van der Waals surface area contributed by atoms with Gasteiger partial charge in [-0.05, 0) is 36.2 Å². The van der Waals surface area contributed by atoms with Gasteiger partial charge in [0.25, 0.3) is 0 Å². The molecular formula is C21H27N3. The van der Waals surface area contributed by atoms with Crippen LogP contribution in [0.15, 0.2) is 48.5 Å². The smallest absolute Gasteiger partial charge is 0.114 e. The van der Waals surface area contributed by atoms with Crippen LogP contribution in [0.5, 0.6) is 0 Å². The van der Waals surface area contributed by atoms with Gasteiger partial charge in [-0.15, -0.1) is 0 Å². The maximum absolute atomic E-state index is 5.80. The van der Waals surface area contributed by atoms with Crippen molar-refractivity contribution in [3.8, 4) is 0 Å². The van der Waals surface area contributed by atoms with E-state index in [4.69, 9.17) is 10.7 Å². The number of benzene rings is 2. The topological polar surface area (TPSA) is 43.8 Å². The molecule has 24 heavy (non-hydrogen) atoms. The van der Waals surface area contributed by atoms with E-state index in [0.29, 0.717) is 0 Å². The number of nitrogens with two attached hydrogens (primary N) is 1. The van der Waals surface area contributed by atoms with Gasteiger partial charge in [-0.1, -0.05) is 56.9 Å². The largest absolute Gasteiger partial charge is 0.399 e. The van der Waals surface area contributed by atoms with Crippen molar-refractivity contribution >= 4 is 16.7 Å². The fraction of sp³-hybridized carbons (Fsp3) is 0.381. The Morgan fingerprint density at radius 2 is 1.67 bits per heavy atom. The second-order valence-corrected chi connectivity index (χ2v) is 6.50. The zero-order chi connectivity index (χ0) is 16.8. The zero-order valence-corrected chi connectivity index (χ0v) is 14.5. The summed E-state index contributed by atoms with van der Waals surface area (Å²) >= 11 is 0. The normalized spacial score (nSPS) is 11.2. The summed E-state index contributed by atoms with van der Waals surface area (Å²) in [5.74, 6) is 1.15. The molecule has 1 heterocycles. The van der Waals surface area contributed by atoms with E-state index in [1.807, 2.05) is 12.1 Å². The maximum atomic E-state index is 5.80. The lowest BCUT2D eigenvalue weighted by atomic mass is 10.1. The maximum Gasteiger partial charge on any atom is 0.114 e. The van der Waals surface area contributed by atoms with Crippen molar-refractivity contribution in [2.75, 3.05) is 5.73 Å². The molecule has 3 nitrogen and oxygen atoms in total.